The van der Waals surface area contributed by atoms with Gasteiger partial charge in [-0.1, -0.05) is 0 Å². The van der Waals surface area contributed by atoms with E-state index in [2.05, 4.69) is 0 Å². The summed E-state index contributed by atoms with van der Waals surface area (Å²) in [4.78, 5) is 0. The van der Waals surface area contributed by atoms with Crippen molar-refractivity contribution in [2.45, 2.75) is 19.3 Å². The second kappa shape index (κ2) is 4.77. The summed E-state index contributed by atoms with van der Waals surface area (Å²) >= 11 is 0. The highest BCUT2D eigenvalue weighted by molar-refractivity contribution is 4.63. The van der Waals surface area contributed by atoms with E-state index >= 15 is 0 Å². The zero-order valence-electron chi connectivity index (χ0n) is 5.51. The van der Waals surface area contributed by atoms with Crippen molar-refractivity contribution in [2.75, 3.05) is 13.2 Å². The van der Waals surface area contributed by atoms with Crippen LogP contribution in [0.4, 0.5) is 0 Å². The van der Waals surface area contributed by atoms with Crippen molar-refractivity contribution in [1.29, 1.82) is 0 Å². The second-order valence-electron chi connectivity index (χ2n) is 2.07. The fourth-order valence-electron chi connectivity index (χ4n) is 0.762. The Hall–Kier alpha value is -0.0800. The van der Waals surface area contributed by atoms with Crippen LogP contribution in [0.15, 0.2) is 0 Å². The van der Waals surface area contributed by atoms with E-state index in [-0.39, 0.29) is 0 Å². The minimum absolute atomic E-state index is 0.833. The maximum absolute atomic E-state index is 5.05. The van der Waals surface area contributed by atoms with Crippen molar-refractivity contribution in [2.24, 2.45) is 0 Å². The minimum atomic E-state index is 0.833. The van der Waals surface area contributed by atoms with Gasteiger partial charge in [0.2, 0.25) is 0 Å². The van der Waals surface area contributed by atoms with Gasteiger partial charge in [0.15, 0.2) is 0 Å². The number of hydrogen-bond acceptors (Lipinski definition) is 2. The van der Waals surface area contributed by atoms with E-state index in [0.29, 0.717) is 0 Å². The SMILES string of the molecule is [CH]1[CH]OCCCCCO1. The van der Waals surface area contributed by atoms with E-state index in [0.717, 1.165) is 26.1 Å². The van der Waals surface area contributed by atoms with Crippen molar-refractivity contribution < 1.29 is 9.47 Å². The van der Waals surface area contributed by atoms with Crippen molar-refractivity contribution in [1.82, 2.24) is 0 Å². The fraction of sp³-hybridized carbons (Fsp3) is 0.714. The predicted molar refractivity (Wildman–Crippen MR) is 34.4 cm³/mol. The van der Waals surface area contributed by atoms with Gasteiger partial charge in [0.05, 0.1) is 0 Å². The molecule has 0 aliphatic carbocycles. The molecule has 2 nitrogen and oxygen atoms in total. The first-order valence-corrected chi connectivity index (χ1v) is 3.38. The van der Waals surface area contributed by atoms with Gasteiger partial charge in [-0.05, 0) is 19.3 Å². The highest BCUT2D eigenvalue weighted by Crippen LogP contribution is 2.02. The fourth-order valence-corrected chi connectivity index (χ4v) is 0.762. The maximum Gasteiger partial charge on any atom is 0.115 e. The van der Waals surface area contributed by atoms with Crippen LogP contribution in [0.5, 0.6) is 0 Å². The number of hydrogen-bond donors (Lipinski definition) is 0. The van der Waals surface area contributed by atoms with Crippen LogP contribution in [-0.2, 0) is 9.47 Å². The third kappa shape index (κ3) is 3.49. The number of ether oxygens (including phenoxy) is 2. The lowest BCUT2D eigenvalue weighted by atomic mass is 10.2. The molecule has 2 radical (unpaired) electrons. The van der Waals surface area contributed by atoms with Gasteiger partial charge < -0.3 is 9.47 Å². The molecule has 1 fully saturated rings. The first kappa shape index (κ1) is 7.03. The van der Waals surface area contributed by atoms with Gasteiger partial charge in [-0.2, -0.15) is 0 Å². The van der Waals surface area contributed by atoms with Crippen LogP contribution in [0.2, 0.25) is 0 Å². The summed E-state index contributed by atoms with van der Waals surface area (Å²) in [6, 6.07) is 0. The molecule has 1 aliphatic heterocycles. The van der Waals surface area contributed by atoms with Gasteiger partial charge in [-0.25, -0.2) is 0 Å². The molecule has 2 heteroatoms. The molecule has 0 spiro atoms. The van der Waals surface area contributed by atoms with E-state index < -0.39 is 0 Å². The summed E-state index contributed by atoms with van der Waals surface area (Å²) in [6.45, 7) is 4.90. The van der Waals surface area contributed by atoms with Gasteiger partial charge in [0.1, 0.15) is 13.2 Å². The quantitative estimate of drug-likeness (QED) is 0.492. The maximum atomic E-state index is 5.05. The Labute approximate surface area is 56.2 Å². The normalized spacial score (nSPS) is 24.0. The van der Waals surface area contributed by atoms with Crippen LogP contribution >= 0.6 is 0 Å². The van der Waals surface area contributed by atoms with E-state index in [1.54, 1.807) is 13.2 Å². The number of rotatable bonds is 0. The average molecular weight is 128 g/mol. The Balaban J connectivity index is 2.02. The van der Waals surface area contributed by atoms with Gasteiger partial charge in [-0.3, -0.25) is 0 Å². The molecule has 0 bridgehead atoms. The summed E-state index contributed by atoms with van der Waals surface area (Å²) in [5.74, 6) is 0. The van der Waals surface area contributed by atoms with Crippen LogP contribution < -0.4 is 0 Å². The molecule has 0 saturated carbocycles. The largest absolute Gasteiger partial charge is 0.373 e. The molecule has 1 saturated heterocycles. The lowest BCUT2D eigenvalue weighted by molar-refractivity contribution is 0.149. The van der Waals surface area contributed by atoms with Crippen molar-refractivity contribution in [3.05, 3.63) is 13.2 Å². The molecule has 0 aromatic carbocycles. The van der Waals surface area contributed by atoms with Crippen molar-refractivity contribution in [3.8, 4) is 0 Å². The Bertz CT molecular complexity index is 35.4. The summed E-state index contributed by atoms with van der Waals surface area (Å²) in [6.07, 6.45) is 3.50. The summed E-state index contributed by atoms with van der Waals surface area (Å²) in [5, 5.41) is 0. The van der Waals surface area contributed by atoms with Crippen LogP contribution in [0.1, 0.15) is 19.3 Å². The third-order valence-electron chi connectivity index (χ3n) is 1.27. The molecule has 9 heavy (non-hydrogen) atoms. The van der Waals surface area contributed by atoms with Gasteiger partial charge in [-0.15, -0.1) is 0 Å². The molecule has 0 unspecified atom stereocenters. The van der Waals surface area contributed by atoms with E-state index in [1.165, 1.54) is 6.42 Å². The van der Waals surface area contributed by atoms with Gasteiger partial charge >= 0.3 is 0 Å². The van der Waals surface area contributed by atoms with Crippen LogP contribution in [-0.4, -0.2) is 13.2 Å². The zero-order chi connectivity index (χ0) is 6.36. The van der Waals surface area contributed by atoms with Crippen LogP contribution in [0.3, 0.4) is 0 Å². The Morgan fingerprint density at radius 3 is 1.89 bits per heavy atom. The van der Waals surface area contributed by atoms with Gasteiger partial charge in [0.25, 0.3) is 0 Å². The standard InChI is InChI=1S/C7H12O2/c1-2-4-8-6-7-9-5-3-1/h6-7H,1-5H2. The molecule has 52 valence electrons. The van der Waals surface area contributed by atoms with Crippen molar-refractivity contribution >= 4 is 0 Å². The monoisotopic (exact) mass is 128 g/mol. The molecule has 0 aromatic rings. The smallest absolute Gasteiger partial charge is 0.115 e. The lowest BCUT2D eigenvalue weighted by Gasteiger charge is -1.97. The zero-order valence-corrected chi connectivity index (χ0v) is 5.51. The molecule has 0 amide bonds. The van der Waals surface area contributed by atoms with Crippen LogP contribution in [0.25, 0.3) is 0 Å². The molecule has 0 N–H and O–H groups in total. The summed E-state index contributed by atoms with van der Waals surface area (Å²) < 4.78 is 10.1. The molecule has 1 rings (SSSR count). The van der Waals surface area contributed by atoms with Crippen molar-refractivity contribution in [3.63, 3.8) is 0 Å². The minimum Gasteiger partial charge on any atom is -0.373 e. The highest BCUT2D eigenvalue weighted by atomic mass is 16.5. The van der Waals surface area contributed by atoms with Gasteiger partial charge in [0, 0.05) is 13.2 Å². The predicted octanol–water partition coefficient (Wildman–Crippen LogP) is 1.53. The highest BCUT2D eigenvalue weighted by Gasteiger charge is 1.96. The summed E-state index contributed by atoms with van der Waals surface area (Å²) in [5.41, 5.74) is 0. The van der Waals surface area contributed by atoms with E-state index in [1.807, 2.05) is 0 Å². The molecular formula is C7H12O2. The summed E-state index contributed by atoms with van der Waals surface area (Å²) in [7, 11) is 0. The molecule has 1 heterocycles. The first-order chi connectivity index (χ1) is 4.50. The Morgan fingerprint density at radius 2 is 1.33 bits per heavy atom. The molecule has 1 aliphatic rings. The Morgan fingerprint density at radius 1 is 0.778 bits per heavy atom. The lowest BCUT2D eigenvalue weighted by Crippen LogP contribution is -1.90. The molecular weight excluding hydrogens is 116 g/mol. The first-order valence-electron chi connectivity index (χ1n) is 3.38. The van der Waals surface area contributed by atoms with Crippen LogP contribution in [0, 0.1) is 13.2 Å². The average Bonchev–Trinajstić information content (AvgIpc) is 2.00. The molecule has 0 aromatic heterocycles. The molecule has 0 atom stereocenters. The topological polar surface area (TPSA) is 18.5 Å². The van der Waals surface area contributed by atoms with E-state index in [9.17, 15) is 0 Å². The Kier molecular flexibility index (Phi) is 3.72. The van der Waals surface area contributed by atoms with E-state index in [4.69, 9.17) is 9.47 Å². The second-order valence-corrected chi connectivity index (χ2v) is 2.07. The third-order valence-corrected chi connectivity index (χ3v) is 1.27.